The normalized spacial score (nSPS) is 10.8. The first-order valence-electron chi connectivity index (χ1n) is 3.44. The number of nitriles is 1. The SMILES string of the molecule is CCN(CC)/N=C(/C)C#N. The molecular formula is C7H13N3. The van der Waals surface area contributed by atoms with Gasteiger partial charge in [-0.2, -0.15) is 10.4 Å². The second kappa shape index (κ2) is 4.80. The second-order valence-corrected chi connectivity index (χ2v) is 1.94. The van der Waals surface area contributed by atoms with Crippen LogP contribution in [0.5, 0.6) is 0 Å². The van der Waals surface area contributed by atoms with Gasteiger partial charge in [-0.3, -0.25) is 5.01 Å². The van der Waals surface area contributed by atoms with Crippen molar-refractivity contribution in [1.29, 1.82) is 5.26 Å². The zero-order chi connectivity index (χ0) is 7.98. The molecule has 0 unspecified atom stereocenters. The van der Waals surface area contributed by atoms with Crippen molar-refractivity contribution in [3.63, 3.8) is 0 Å². The minimum atomic E-state index is 0.517. The van der Waals surface area contributed by atoms with Crippen molar-refractivity contribution in [2.75, 3.05) is 13.1 Å². The zero-order valence-electron chi connectivity index (χ0n) is 6.76. The van der Waals surface area contributed by atoms with Gasteiger partial charge in [0.2, 0.25) is 0 Å². The van der Waals surface area contributed by atoms with E-state index < -0.39 is 0 Å². The van der Waals surface area contributed by atoms with Crippen LogP contribution < -0.4 is 0 Å². The third-order valence-electron chi connectivity index (χ3n) is 1.18. The van der Waals surface area contributed by atoms with Crippen LogP contribution in [0.2, 0.25) is 0 Å². The fourth-order valence-corrected chi connectivity index (χ4v) is 0.600. The van der Waals surface area contributed by atoms with Crippen LogP contribution >= 0.6 is 0 Å². The molecule has 0 amide bonds. The maximum absolute atomic E-state index is 8.37. The Morgan fingerprint density at radius 2 is 2.00 bits per heavy atom. The predicted molar refractivity (Wildman–Crippen MR) is 41.6 cm³/mol. The largest absolute Gasteiger partial charge is 0.297 e. The van der Waals surface area contributed by atoms with Crippen LogP contribution in [0.15, 0.2) is 5.10 Å². The predicted octanol–water partition coefficient (Wildman–Crippen LogP) is 1.23. The molecule has 0 atom stereocenters. The summed E-state index contributed by atoms with van der Waals surface area (Å²) in [5.41, 5.74) is 0.517. The summed E-state index contributed by atoms with van der Waals surface area (Å²) in [5.74, 6) is 0. The summed E-state index contributed by atoms with van der Waals surface area (Å²) < 4.78 is 0. The Morgan fingerprint density at radius 1 is 1.50 bits per heavy atom. The zero-order valence-corrected chi connectivity index (χ0v) is 6.76. The van der Waals surface area contributed by atoms with Crippen LogP contribution in [0.3, 0.4) is 0 Å². The molecule has 0 fully saturated rings. The molecule has 0 heterocycles. The maximum atomic E-state index is 8.37. The minimum absolute atomic E-state index is 0.517. The molecule has 0 aliphatic rings. The van der Waals surface area contributed by atoms with Crippen molar-refractivity contribution in [2.24, 2.45) is 5.10 Å². The highest BCUT2D eigenvalue weighted by molar-refractivity contribution is 5.96. The second-order valence-electron chi connectivity index (χ2n) is 1.94. The molecule has 0 aliphatic carbocycles. The maximum Gasteiger partial charge on any atom is 0.134 e. The molecule has 0 saturated carbocycles. The molecule has 0 spiro atoms. The van der Waals surface area contributed by atoms with Gasteiger partial charge < -0.3 is 0 Å². The topological polar surface area (TPSA) is 39.4 Å². The van der Waals surface area contributed by atoms with Gasteiger partial charge >= 0.3 is 0 Å². The van der Waals surface area contributed by atoms with Gasteiger partial charge in [0, 0.05) is 13.1 Å². The fourth-order valence-electron chi connectivity index (χ4n) is 0.600. The van der Waals surface area contributed by atoms with Crippen LogP contribution in [0.4, 0.5) is 0 Å². The molecule has 0 saturated heterocycles. The van der Waals surface area contributed by atoms with E-state index in [0.29, 0.717) is 5.71 Å². The van der Waals surface area contributed by atoms with Gasteiger partial charge in [0.15, 0.2) is 0 Å². The van der Waals surface area contributed by atoms with E-state index in [9.17, 15) is 0 Å². The quantitative estimate of drug-likeness (QED) is 0.435. The van der Waals surface area contributed by atoms with Gasteiger partial charge in [0.1, 0.15) is 11.8 Å². The van der Waals surface area contributed by atoms with Gasteiger partial charge in [-0.05, 0) is 20.8 Å². The molecule has 0 aromatic rings. The van der Waals surface area contributed by atoms with Crippen molar-refractivity contribution in [2.45, 2.75) is 20.8 Å². The summed E-state index contributed by atoms with van der Waals surface area (Å²) in [5, 5.41) is 14.2. The molecule has 3 heteroatoms. The average Bonchev–Trinajstić information content (AvgIpc) is 1.99. The first kappa shape index (κ1) is 8.96. The van der Waals surface area contributed by atoms with E-state index in [-0.39, 0.29) is 0 Å². The van der Waals surface area contributed by atoms with Crippen LogP contribution in [0, 0.1) is 11.3 Å². The van der Waals surface area contributed by atoms with Gasteiger partial charge in [-0.25, -0.2) is 0 Å². The highest BCUT2D eigenvalue weighted by Gasteiger charge is 1.92. The molecule has 10 heavy (non-hydrogen) atoms. The van der Waals surface area contributed by atoms with Crippen LogP contribution in [-0.4, -0.2) is 23.8 Å². The average molecular weight is 139 g/mol. The van der Waals surface area contributed by atoms with E-state index in [2.05, 4.69) is 5.10 Å². The number of rotatable bonds is 3. The Labute approximate surface area is 61.9 Å². The summed E-state index contributed by atoms with van der Waals surface area (Å²) in [4.78, 5) is 0. The monoisotopic (exact) mass is 139 g/mol. The highest BCUT2D eigenvalue weighted by atomic mass is 15.4. The Hall–Kier alpha value is -1.04. The molecule has 0 aliphatic heterocycles. The smallest absolute Gasteiger partial charge is 0.134 e. The summed E-state index contributed by atoms with van der Waals surface area (Å²) in [6.45, 7) is 7.44. The first-order chi connectivity index (χ1) is 4.74. The number of hydrazone groups is 1. The standard InChI is InChI=1S/C7H13N3/c1-4-10(5-2)9-7(3)6-8/h4-5H2,1-3H3/b9-7-. The lowest BCUT2D eigenvalue weighted by Gasteiger charge is -2.12. The van der Waals surface area contributed by atoms with Gasteiger partial charge in [-0.15, -0.1) is 0 Å². The van der Waals surface area contributed by atoms with E-state index in [1.807, 2.05) is 24.9 Å². The molecule has 0 aromatic carbocycles. The third-order valence-corrected chi connectivity index (χ3v) is 1.18. The highest BCUT2D eigenvalue weighted by Crippen LogP contribution is 1.88. The fraction of sp³-hybridized carbons (Fsp3) is 0.714. The van der Waals surface area contributed by atoms with E-state index in [1.54, 1.807) is 6.92 Å². The Morgan fingerprint density at radius 3 is 2.30 bits per heavy atom. The van der Waals surface area contributed by atoms with E-state index >= 15 is 0 Å². The molecule has 0 bridgehead atoms. The summed E-state index contributed by atoms with van der Waals surface area (Å²) in [7, 11) is 0. The van der Waals surface area contributed by atoms with Gasteiger partial charge in [0.05, 0.1) is 0 Å². The van der Waals surface area contributed by atoms with Crippen molar-refractivity contribution < 1.29 is 0 Å². The van der Waals surface area contributed by atoms with Crippen molar-refractivity contribution in [3.05, 3.63) is 0 Å². The molecule has 3 nitrogen and oxygen atoms in total. The summed E-state index contributed by atoms with van der Waals surface area (Å²) >= 11 is 0. The third kappa shape index (κ3) is 3.08. The molecule has 56 valence electrons. The van der Waals surface area contributed by atoms with Gasteiger partial charge in [0.25, 0.3) is 0 Å². The summed E-state index contributed by atoms with van der Waals surface area (Å²) in [6.07, 6.45) is 0. The first-order valence-corrected chi connectivity index (χ1v) is 3.44. The van der Waals surface area contributed by atoms with E-state index in [0.717, 1.165) is 13.1 Å². The van der Waals surface area contributed by atoms with Crippen LogP contribution in [0.1, 0.15) is 20.8 Å². The lowest BCUT2D eigenvalue weighted by Crippen LogP contribution is -2.17. The summed E-state index contributed by atoms with van der Waals surface area (Å²) in [6, 6.07) is 1.97. The molecule has 0 rings (SSSR count). The number of hydrogen-bond acceptors (Lipinski definition) is 3. The van der Waals surface area contributed by atoms with E-state index in [1.165, 1.54) is 0 Å². The molecule has 0 N–H and O–H groups in total. The molecule has 0 radical (unpaired) electrons. The van der Waals surface area contributed by atoms with Crippen LogP contribution in [-0.2, 0) is 0 Å². The molecule has 0 aromatic heterocycles. The van der Waals surface area contributed by atoms with Crippen molar-refractivity contribution in [1.82, 2.24) is 5.01 Å². The van der Waals surface area contributed by atoms with Crippen molar-refractivity contribution >= 4 is 5.71 Å². The Kier molecular flexibility index (Phi) is 4.30. The lowest BCUT2D eigenvalue weighted by molar-refractivity contribution is 0.322. The minimum Gasteiger partial charge on any atom is -0.297 e. The number of nitrogens with zero attached hydrogens (tertiary/aromatic N) is 3. The molecular weight excluding hydrogens is 126 g/mol. The van der Waals surface area contributed by atoms with Gasteiger partial charge in [-0.1, -0.05) is 0 Å². The Balaban J connectivity index is 3.96. The Bertz CT molecular complexity index is 151. The lowest BCUT2D eigenvalue weighted by atomic mass is 10.5. The number of hydrogen-bond donors (Lipinski definition) is 0. The van der Waals surface area contributed by atoms with Crippen molar-refractivity contribution in [3.8, 4) is 6.07 Å². The van der Waals surface area contributed by atoms with Crippen LogP contribution in [0.25, 0.3) is 0 Å². The van der Waals surface area contributed by atoms with E-state index in [4.69, 9.17) is 5.26 Å².